The number of nitro groups is 1. The highest BCUT2D eigenvalue weighted by Gasteiger charge is 2.27. The number of anilines is 1. The fraction of sp³-hybridized carbons (Fsp3) is 0.368. The minimum atomic E-state index is -0.427. The average Bonchev–Trinajstić information content (AvgIpc) is 2.68. The number of nitro benzene ring substituents is 1. The molecule has 0 bridgehead atoms. The van der Waals surface area contributed by atoms with Crippen molar-refractivity contribution in [1.82, 2.24) is 10.3 Å². The Morgan fingerprint density at radius 3 is 2.78 bits per heavy atom. The predicted molar refractivity (Wildman–Crippen MR) is 104 cm³/mol. The average molecular weight is 389 g/mol. The molecule has 0 radical (unpaired) electrons. The van der Waals surface area contributed by atoms with Crippen LogP contribution in [0.2, 0.25) is 5.02 Å². The van der Waals surface area contributed by atoms with Gasteiger partial charge < -0.3 is 10.2 Å². The quantitative estimate of drug-likeness (QED) is 0.625. The molecule has 2 aromatic rings. The van der Waals surface area contributed by atoms with Crippen molar-refractivity contribution in [3.8, 4) is 0 Å². The van der Waals surface area contributed by atoms with Gasteiger partial charge in [0.2, 0.25) is 5.91 Å². The summed E-state index contributed by atoms with van der Waals surface area (Å²) in [6.45, 7) is 3.54. The number of benzene rings is 1. The molecule has 0 unspecified atom stereocenters. The summed E-state index contributed by atoms with van der Waals surface area (Å²) in [4.78, 5) is 29.1. The van der Waals surface area contributed by atoms with E-state index in [0.717, 1.165) is 11.3 Å². The van der Waals surface area contributed by atoms with Gasteiger partial charge in [0, 0.05) is 49.6 Å². The number of nitrogens with zero attached hydrogens (tertiary/aromatic N) is 3. The number of rotatable bonds is 5. The van der Waals surface area contributed by atoms with Gasteiger partial charge in [-0.05, 0) is 37.5 Å². The highest BCUT2D eigenvalue weighted by molar-refractivity contribution is 6.33. The van der Waals surface area contributed by atoms with Gasteiger partial charge in [-0.1, -0.05) is 17.7 Å². The summed E-state index contributed by atoms with van der Waals surface area (Å²) in [5, 5.41) is 14.4. The first-order valence-electron chi connectivity index (χ1n) is 8.82. The lowest BCUT2D eigenvalue weighted by Crippen LogP contribution is -2.40. The Balaban J connectivity index is 1.58. The van der Waals surface area contributed by atoms with E-state index >= 15 is 0 Å². The van der Waals surface area contributed by atoms with Gasteiger partial charge in [-0.15, -0.1) is 0 Å². The molecule has 3 rings (SSSR count). The number of aryl methyl sites for hydroxylation is 1. The summed E-state index contributed by atoms with van der Waals surface area (Å²) in [5.41, 5.74) is 2.36. The van der Waals surface area contributed by atoms with Gasteiger partial charge in [0.15, 0.2) is 0 Å². The molecular weight excluding hydrogens is 368 g/mol. The number of carbonyl (C=O) groups excluding carboxylic acids is 1. The zero-order valence-electron chi connectivity index (χ0n) is 15.0. The molecule has 2 heterocycles. The number of halogens is 1. The van der Waals surface area contributed by atoms with E-state index in [2.05, 4.69) is 15.2 Å². The van der Waals surface area contributed by atoms with Gasteiger partial charge in [-0.25, -0.2) is 0 Å². The second-order valence-corrected chi connectivity index (χ2v) is 7.09. The normalized spacial score (nSPS) is 14.8. The van der Waals surface area contributed by atoms with Crippen molar-refractivity contribution in [3.63, 3.8) is 0 Å². The fourth-order valence-corrected chi connectivity index (χ4v) is 3.59. The van der Waals surface area contributed by atoms with Gasteiger partial charge >= 0.3 is 0 Å². The number of amides is 1. The van der Waals surface area contributed by atoms with Crippen molar-refractivity contribution in [2.75, 3.05) is 18.0 Å². The largest absolute Gasteiger partial charge is 0.370 e. The molecule has 1 fully saturated rings. The van der Waals surface area contributed by atoms with E-state index in [0.29, 0.717) is 43.1 Å². The number of hydrogen-bond acceptors (Lipinski definition) is 5. The van der Waals surface area contributed by atoms with Crippen LogP contribution in [0.1, 0.15) is 24.0 Å². The number of pyridine rings is 1. The van der Waals surface area contributed by atoms with Crippen LogP contribution in [0, 0.1) is 23.0 Å². The van der Waals surface area contributed by atoms with Crippen LogP contribution in [0.25, 0.3) is 0 Å². The Morgan fingerprint density at radius 1 is 1.41 bits per heavy atom. The van der Waals surface area contributed by atoms with Crippen molar-refractivity contribution in [3.05, 3.63) is 62.9 Å². The molecule has 1 amide bonds. The number of carbonyl (C=O) groups is 1. The van der Waals surface area contributed by atoms with Crippen LogP contribution in [-0.2, 0) is 11.3 Å². The Kier molecular flexibility index (Phi) is 5.91. The van der Waals surface area contributed by atoms with Crippen LogP contribution in [0.5, 0.6) is 0 Å². The Bertz CT molecular complexity index is 836. The zero-order chi connectivity index (χ0) is 19.4. The third-order valence-electron chi connectivity index (χ3n) is 4.86. The smallest absolute Gasteiger partial charge is 0.273 e. The third kappa shape index (κ3) is 4.54. The second-order valence-electron chi connectivity index (χ2n) is 6.69. The first-order chi connectivity index (χ1) is 13.0. The lowest BCUT2D eigenvalue weighted by atomic mass is 9.95. The predicted octanol–water partition coefficient (Wildman–Crippen LogP) is 3.48. The molecule has 0 atom stereocenters. The molecule has 0 spiro atoms. The van der Waals surface area contributed by atoms with Crippen LogP contribution in [0.3, 0.4) is 0 Å². The Labute approximate surface area is 162 Å². The standard InChI is InChI=1S/C19H21ClN4O3/c1-13-9-18(16(20)10-17(13)24(26)27)23-7-4-15(5-8-23)19(25)22-12-14-3-2-6-21-11-14/h2-3,6,9-11,15H,4-5,7-8,12H2,1H3,(H,22,25). The van der Waals surface area contributed by atoms with Crippen molar-refractivity contribution >= 4 is 28.9 Å². The second kappa shape index (κ2) is 8.35. The molecular formula is C19H21ClN4O3. The zero-order valence-corrected chi connectivity index (χ0v) is 15.8. The van der Waals surface area contributed by atoms with E-state index in [-0.39, 0.29) is 17.5 Å². The molecule has 142 valence electrons. The van der Waals surface area contributed by atoms with E-state index in [4.69, 9.17) is 11.6 Å². The van der Waals surface area contributed by atoms with Crippen LogP contribution in [-0.4, -0.2) is 28.9 Å². The molecule has 8 heteroatoms. The summed E-state index contributed by atoms with van der Waals surface area (Å²) in [6, 6.07) is 6.92. The molecule has 0 saturated carbocycles. The van der Waals surface area contributed by atoms with Crippen LogP contribution < -0.4 is 10.2 Å². The highest BCUT2D eigenvalue weighted by Crippen LogP contribution is 2.34. The van der Waals surface area contributed by atoms with E-state index < -0.39 is 4.92 Å². The lowest BCUT2D eigenvalue weighted by molar-refractivity contribution is -0.385. The molecule has 1 aliphatic heterocycles. The van der Waals surface area contributed by atoms with Gasteiger partial charge in [-0.2, -0.15) is 0 Å². The van der Waals surface area contributed by atoms with Gasteiger partial charge in [-0.3, -0.25) is 19.9 Å². The van der Waals surface area contributed by atoms with Crippen molar-refractivity contribution in [1.29, 1.82) is 0 Å². The monoisotopic (exact) mass is 388 g/mol. The maximum atomic E-state index is 12.4. The Morgan fingerprint density at radius 2 is 2.15 bits per heavy atom. The van der Waals surface area contributed by atoms with Gasteiger partial charge in [0.1, 0.15) is 0 Å². The first kappa shape index (κ1) is 19.1. The fourth-order valence-electron chi connectivity index (χ4n) is 3.31. The van der Waals surface area contributed by atoms with Crippen LogP contribution in [0.15, 0.2) is 36.7 Å². The van der Waals surface area contributed by atoms with Gasteiger partial charge in [0.05, 0.1) is 15.6 Å². The molecule has 1 saturated heterocycles. The topological polar surface area (TPSA) is 88.4 Å². The first-order valence-corrected chi connectivity index (χ1v) is 9.19. The number of hydrogen-bond donors (Lipinski definition) is 1. The van der Waals surface area contributed by atoms with Crippen LogP contribution >= 0.6 is 11.6 Å². The van der Waals surface area contributed by atoms with Gasteiger partial charge in [0.25, 0.3) is 5.69 Å². The SMILES string of the molecule is Cc1cc(N2CCC(C(=O)NCc3cccnc3)CC2)c(Cl)cc1[N+](=O)[O-]. The summed E-state index contributed by atoms with van der Waals surface area (Å²) >= 11 is 6.26. The lowest BCUT2D eigenvalue weighted by Gasteiger charge is -2.33. The van der Waals surface area contributed by atoms with E-state index in [1.165, 1.54) is 6.07 Å². The molecule has 0 aliphatic carbocycles. The molecule has 7 nitrogen and oxygen atoms in total. The van der Waals surface area contributed by atoms with Crippen molar-refractivity contribution in [2.45, 2.75) is 26.3 Å². The minimum Gasteiger partial charge on any atom is -0.370 e. The summed E-state index contributed by atoms with van der Waals surface area (Å²) in [7, 11) is 0. The molecule has 27 heavy (non-hydrogen) atoms. The maximum Gasteiger partial charge on any atom is 0.273 e. The summed E-state index contributed by atoms with van der Waals surface area (Å²) in [5.74, 6) is 0.000298. The van der Waals surface area contributed by atoms with E-state index in [9.17, 15) is 14.9 Å². The highest BCUT2D eigenvalue weighted by atomic mass is 35.5. The maximum absolute atomic E-state index is 12.4. The molecule has 1 aliphatic rings. The summed E-state index contributed by atoms with van der Waals surface area (Å²) < 4.78 is 0. The van der Waals surface area contributed by atoms with Crippen LogP contribution in [0.4, 0.5) is 11.4 Å². The molecule has 1 N–H and O–H groups in total. The number of piperidine rings is 1. The Hall–Kier alpha value is -2.67. The molecule has 1 aromatic heterocycles. The summed E-state index contributed by atoms with van der Waals surface area (Å²) in [6.07, 6.45) is 4.87. The molecule has 1 aromatic carbocycles. The number of aromatic nitrogens is 1. The van der Waals surface area contributed by atoms with E-state index in [1.807, 2.05) is 12.1 Å². The minimum absolute atomic E-state index is 0.0217. The van der Waals surface area contributed by atoms with Crippen molar-refractivity contribution < 1.29 is 9.72 Å². The third-order valence-corrected chi connectivity index (χ3v) is 5.16. The van der Waals surface area contributed by atoms with E-state index in [1.54, 1.807) is 25.4 Å². The van der Waals surface area contributed by atoms with Crippen molar-refractivity contribution in [2.24, 2.45) is 5.92 Å². The number of nitrogens with one attached hydrogen (secondary N) is 1.